The lowest BCUT2D eigenvalue weighted by molar-refractivity contribution is -0.153. The van der Waals surface area contributed by atoms with Crippen LogP contribution in [0.1, 0.15) is 38.5 Å². The Morgan fingerprint density at radius 2 is 1.88 bits per heavy atom. The molecule has 4 nitrogen and oxygen atoms in total. The number of hydrogen-bond donors (Lipinski definition) is 1. The van der Waals surface area contributed by atoms with E-state index in [9.17, 15) is 4.79 Å². The van der Waals surface area contributed by atoms with Gasteiger partial charge >= 0.3 is 5.97 Å². The normalized spacial score (nSPS) is 23.5. The van der Waals surface area contributed by atoms with E-state index in [1.807, 2.05) is 0 Å². The van der Waals surface area contributed by atoms with Crippen molar-refractivity contribution in [3.05, 3.63) is 0 Å². The van der Waals surface area contributed by atoms with Crippen LogP contribution in [0.3, 0.4) is 0 Å². The molecule has 0 aliphatic carbocycles. The fraction of sp³-hybridized carbons (Fsp3) is 0.923. The number of carbonyl (C=O) groups excluding carboxylic acids is 1. The van der Waals surface area contributed by atoms with Crippen molar-refractivity contribution in [2.45, 2.75) is 44.6 Å². The first-order valence-corrected chi connectivity index (χ1v) is 6.82. The second-order valence-corrected chi connectivity index (χ2v) is 5.03. The van der Waals surface area contributed by atoms with E-state index < -0.39 is 0 Å². The zero-order chi connectivity index (χ0) is 11.9. The van der Waals surface area contributed by atoms with Crippen molar-refractivity contribution >= 4 is 5.97 Å². The van der Waals surface area contributed by atoms with E-state index in [1.165, 1.54) is 12.8 Å². The number of ether oxygens (including phenoxy) is 2. The zero-order valence-corrected chi connectivity index (χ0v) is 10.5. The van der Waals surface area contributed by atoms with E-state index in [-0.39, 0.29) is 12.1 Å². The Morgan fingerprint density at radius 1 is 1.18 bits per heavy atom. The van der Waals surface area contributed by atoms with Gasteiger partial charge in [0.15, 0.2) is 0 Å². The quantitative estimate of drug-likeness (QED) is 0.758. The minimum atomic E-state index is -0.0181. The van der Waals surface area contributed by atoms with Gasteiger partial charge in [0.1, 0.15) is 6.10 Å². The van der Waals surface area contributed by atoms with Gasteiger partial charge in [-0.2, -0.15) is 0 Å². The maximum Gasteiger partial charge on any atom is 0.306 e. The Labute approximate surface area is 103 Å². The van der Waals surface area contributed by atoms with Crippen LogP contribution in [0.25, 0.3) is 0 Å². The standard InChI is InChI=1S/C13H23NO3/c15-13(17-12-5-9-16-10-6-12)2-1-11-3-7-14-8-4-11/h11-12,14H,1-10H2. The summed E-state index contributed by atoms with van der Waals surface area (Å²) >= 11 is 0. The molecule has 0 aromatic rings. The molecule has 0 saturated carbocycles. The minimum absolute atomic E-state index is 0.0181. The molecule has 17 heavy (non-hydrogen) atoms. The third-order valence-corrected chi connectivity index (χ3v) is 3.68. The number of rotatable bonds is 4. The van der Waals surface area contributed by atoms with Crippen LogP contribution >= 0.6 is 0 Å². The molecule has 2 aliphatic heterocycles. The van der Waals surface area contributed by atoms with E-state index in [2.05, 4.69) is 5.32 Å². The minimum Gasteiger partial charge on any atom is -0.462 e. The lowest BCUT2D eigenvalue weighted by Crippen LogP contribution is -2.29. The van der Waals surface area contributed by atoms with Gasteiger partial charge in [0.25, 0.3) is 0 Å². The third-order valence-electron chi connectivity index (χ3n) is 3.68. The number of piperidine rings is 1. The number of esters is 1. The molecular formula is C13H23NO3. The fourth-order valence-corrected chi connectivity index (χ4v) is 2.53. The largest absolute Gasteiger partial charge is 0.462 e. The molecule has 1 N–H and O–H groups in total. The summed E-state index contributed by atoms with van der Waals surface area (Å²) in [4.78, 5) is 11.7. The summed E-state index contributed by atoms with van der Waals surface area (Å²) in [6, 6.07) is 0. The van der Waals surface area contributed by atoms with Gasteiger partial charge in [0.2, 0.25) is 0 Å². The highest BCUT2D eigenvalue weighted by Gasteiger charge is 2.19. The lowest BCUT2D eigenvalue weighted by atomic mass is 9.93. The maximum absolute atomic E-state index is 11.7. The van der Waals surface area contributed by atoms with Crippen LogP contribution in [0.4, 0.5) is 0 Å². The number of nitrogens with one attached hydrogen (secondary N) is 1. The Hall–Kier alpha value is -0.610. The van der Waals surface area contributed by atoms with Crippen molar-refractivity contribution < 1.29 is 14.3 Å². The highest BCUT2D eigenvalue weighted by atomic mass is 16.5. The SMILES string of the molecule is O=C(CCC1CCNCC1)OC1CCOCC1. The second kappa shape index (κ2) is 6.97. The van der Waals surface area contributed by atoms with Gasteiger partial charge in [-0.15, -0.1) is 0 Å². The molecule has 2 aliphatic rings. The highest BCUT2D eigenvalue weighted by molar-refractivity contribution is 5.69. The fourth-order valence-electron chi connectivity index (χ4n) is 2.53. The molecular weight excluding hydrogens is 218 g/mol. The number of carbonyl (C=O) groups is 1. The van der Waals surface area contributed by atoms with Crippen molar-refractivity contribution in [1.29, 1.82) is 0 Å². The molecule has 0 spiro atoms. The molecule has 0 aromatic carbocycles. The Balaban J connectivity index is 1.59. The Bertz CT molecular complexity index is 233. The van der Waals surface area contributed by atoms with Crippen LogP contribution in [0.5, 0.6) is 0 Å². The van der Waals surface area contributed by atoms with Crippen LogP contribution in [-0.4, -0.2) is 38.4 Å². The molecule has 0 bridgehead atoms. The second-order valence-electron chi connectivity index (χ2n) is 5.03. The van der Waals surface area contributed by atoms with E-state index in [0.717, 1.165) is 45.6 Å². The van der Waals surface area contributed by atoms with Crippen molar-refractivity contribution in [3.63, 3.8) is 0 Å². The molecule has 0 aromatic heterocycles. The smallest absolute Gasteiger partial charge is 0.306 e. The molecule has 2 rings (SSSR count). The summed E-state index contributed by atoms with van der Waals surface area (Å²) in [6.45, 7) is 3.65. The summed E-state index contributed by atoms with van der Waals surface area (Å²) in [7, 11) is 0. The Kier molecular flexibility index (Phi) is 5.26. The van der Waals surface area contributed by atoms with Gasteiger partial charge in [0, 0.05) is 19.3 Å². The molecule has 2 fully saturated rings. The molecule has 0 radical (unpaired) electrons. The topological polar surface area (TPSA) is 47.6 Å². The monoisotopic (exact) mass is 241 g/mol. The van der Waals surface area contributed by atoms with E-state index in [4.69, 9.17) is 9.47 Å². The van der Waals surface area contributed by atoms with Crippen LogP contribution in [0.2, 0.25) is 0 Å². The van der Waals surface area contributed by atoms with Crippen LogP contribution < -0.4 is 5.32 Å². The summed E-state index contributed by atoms with van der Waals surface area (Å²) in [5, 5.41) is 3.34. The molecule has 0 atom stereocenters. The van der Waals surface area contributed by atoms with E-state index in [0.29, 0.717) is 12.3 Å². The zero-order valence-electron chi connectivity index (χ0n) is 10.5. The van der Waals surface area contributed by atoms with Crippen molar-refractivity contribution in [2.24, 2.45) is 5.92 Å². The predicted octanol–water partition coefficient (Wildman–Crippen LogP) is 1.49. The predicted molar refractivity (Wildman–Crippen MR) is 64.8 cm³/mol. The first-order chi connectivity index (χ1) is 8.34. The van der Waals surface area contributed by atoms with Gasteiger partial charge in [-0.25, -0.2) is 0 Å². The number of hydrogen-bond acceptors (Lipinski definition) is 4. The first kappa shape index (κ1) is 12.8. The van der Waals surface area contributed by atoms with Gasteiger partial charge in [-0.3, -0.25) is 4.79 Å². The van der Waals surface area contributed by atoms with Crippen LogP contribution in [0, 0.1) is 5.92 Å². The average Bonchev–Trinajstić information content (AvgIpc) is 2.39. The lowest BCUT2D eigenvalue weighted by Gasteiger charge is -2.24. The molecule has 2 saturated heterocycles. The maximum atomic E-state index is 11.7. The molecule has 0 amide bonds. The molecule has 4 heteroatoms. The highest BCUT2D eigenvalue weighted by Crippen LogP contribution is 2.19. The van der Waals surface area contributed by atoms with E-state index in [1.54, 1.807) is 0 Å². The van der Waals surface area contributed by atoms with Gasteiger partial charge in [0.05, 0.1) is 13.2 Å². The Morgan fingerprint density at radius 3 is 2.59 bits per heavy atom. The first-order valence-electron chi connectivity index (χ1n) is 6.82. The van der Waals surface area contributed by atoms with Gasteiger partial charge < -0.3 is 14.8 Å². The van der Waals surface area contributed by atoms with Gasteiger partial charge in [-0.1, -0.05) is 0 Å². The van der Waals surface area contributed by atoms with Crippen LogP contribution in [0.15, 0.2) is 0 Å². The van der Waals surface area contributed by atoms with E-state index >= 15 is 0 Å². The van der Waals surface area contributed by atoms with Crippen molar-refractivity contribution in [1.82, 2.24) is 5.32 Å². The van der Waals surface area contributed by atoms with Gasteiger partial charge in [-0.05, 0) is 38.3 Å². The molecule has 0 unspecified atom stereocenters. The third kappa shape index (κ3) is 4.64. The molecule has 98 valence electrons. The summed E-state index contributed by atoms with van der Waals surface area (Å²) in [5.74, 6) is 0.689. The van der Waals surface area contributed by atoms with Crippen molar-refractivity contribution in [2.75, 3.05) is 26.3 Å². The van der Waals surface area contributed by atoms with Crippen LogP contribution in [-0.2, 0) is 14.3 Å². The average molecular weight is 241 g/mol. The summed E-state index contributed by atoms with van der Waals surface area (Å²) in [6.07, 6.45) is 5.79. The summed E-state index contributed by atoms with van der Waals surface area (Å²) < 4.78 is 10.7. The van der Waals surface area contributed by atoms with Crippen molar-refractivity contribution in [3.8, 4) is 0 Å². The molecule has 2 heterocycles. The summed E-state index contributed by atoms with van der Waals surface area (Å²) in [5.41, 5.74) is 0.